The maximum absolute atomic E-state index is 12.6. The number of hydrogen-bond donors (Lipinski definition) is 0. The standard InChI is InChI=1S/C24H22N2O2/c27-23(26-16-15-19-9-7-8-14-22(19)17-26)18-28-25-24(20-10-3-1-4-11-20)21-12-5-2-6-13-21/h1-14H,15-18H2. The molecule has 0 saturated heterocycles. The number of benzene rings is 3. The van der Waals surface area contributed by atoms with Crippen molar-refractivity contribution in [2.75, 3.05) is 13.2 Å². The van der Waals surface area contributed by atoms with Crippen molar-refractivity contribution in [3.05, 3.63) is 107 Å². The highest BCUT2D eigenvalue weighted by molar-refractivity contribution is 6.12. The fraction of sp³-hybridized carbons (Fsp3) is 0.167. The molecule has 0 aliphatic carbocycles. The zero-order valence-electron chi connectivity index (χ0n) is 15.6. The normalized spacial score (nSPS) is 12.8. The number of carbonyl (C=O) groups is 1. The first kappa shape index (κ1) is 18.0. The van der Waals surface area contributed by atoms with E-state index in [9.17, 15) is 4.79 Å². The van der Waals surface area contributed by atoms with Gasteiger partial charge in [0.05, 0.1) is 0 Å². The van der Waals surface area contributed by atoms with E-state index in [1.807, 2.05) is 77.7 Å². The molecule has 1 amide bonds. The Bertz CT molecular complexity index is 927. The first-order chi connectivity index (χ1) is 13.8. The lowest BCUT2D eigenvalue weighted by Crippen LogP contribution is -2.37. The molecule has 0 saturated carbocycles. The summed E-state index contributed by atoms with van der Waals surface area (Å²) in [6.07, 6.45) is 0.879. The molecule has 0 spiro atoms. The van der Waals surface area contributed by atoms with Crippen LogP contribution in [-0.4, -0.2) is 29.7 Å². The van der Waals surface area contributed by atoms with E-state index < -0.39 is 0 Å². The molecule has 0 aromatic heterocycles. The summed E-state index contributed by atoms with van der Waals surface area (Å²) in [6.45, 7) is 1.28. The summed E-state index contributed by atoms with van der Waals surface area (Å²) in [5.74, 6) is -0.0428. The molecule has 0 N–H and O–H groups in total. The van der Waals surface area contributed by atoms with E-state index >= 15 is 0 Å². The molecule has 4 rings (SSSR count). The van der Waals surface area contributed by atoms with Crippen LogP contribution in [0.4, 0.5) is 0 Å². The van der Waals surface area contributed by atoms with Crippen LogP contribution in [0.5, 0.6) is 0 Å². The Morgan fingerprint density at radius 1 is 0.821 bits per heavy atom. The van der Waals surface area contributed by atoms with Crippen molar-refractivity contribution in [2.45, 2.75) is 13.0 Å². The second-order valence-electron chi connectivity index (χ2n) is 6.78. The highest BCUT2D eigenvalue weighted by Crippen LogP contribution is 2.18. The number of fused-ring (bicyclic) bond motifs is 1. The van der Waals surface area contributed by atoms with Gasteiger partial charge in [-0.1, -0.05) is 90.1 Å². The smallest absolute Gasteiger partial charge is 0.263 e. The molecule has 28 heavy (non-hydrogen) atoms. The lowest BCUT2D eigenvalue weighted by molar-refractivity contribution is -0.137. The minimum atomic E-state index is -0.0642. The third-order valence-electron chi connectivity index (χ3n) is 4.92. The van der Waals surface area contributed by atoms with Crippen LogP contribution in [0.1, 0.15) is 22.3 Å². The highest BCUT2D eigenvalue weighted by atomic mass is 16.6. The Morgan fingerprint density at radius 3 is 2.04 bits per heavy atom. The monoisotopic (exact) mass is 370 g/mol. The van der Waals surface area contributed by atoms with Crippen molar-refractivity contribution >= 4 is 11.6 Å². The summed E-state index contributed by atoms with van der Waals surface area (Å²) in [6, 6.07) is 28.0. The molecule has 1 aliphatic rings. The summed E-state index contributed by atoms with van der Waals surface area (Å²) in [5.41, 5.74) is 5.15. The Hall–Kier alpha value is -3.40. The van der Waals surface area contributed by atoms with Crippen LogP contribution < -0.4 is 0 Å². The van der Waals surface area contributed by atoms with E-state index in [2.05, 4.69) is 17.3 Å². The molecule has 0 bridgehead atoms. The van der Waals surface area contributed by atoms with E-state index in [-0.39, 0.29) is 12.5 Å². The third-order valence-corrected chi connectivity index (χ3v) is 4.92. The minimum Gasteiger partial charge on any atom is -0.385 e. The van der Waals surface area contributed by atoms with Gasteiger partial charge in [0.2, 0.25) is 0 Å². The summed E-state index contributed by atoms with van der Waals surface area (Å²) < 4.78 is 0. The van der Waals surface area contributed by atoms with Crippen LogP contribution in [0.15, 0.2) is 90.1 Å². The quantitative estimate of drug-likeness (QED) is 0.502. The summed E-state index contributed by atoms with van der Waals surface area (Å²) in [4.78, 5) is 19.9. The number of oxime groups is 1. The van der Waals surface area contributed by atoms with Crippen molar-refractivity contribution < 1.29 is 9.63 Å². The fourth-order valence-corrected chi connectivity index (χ4v) is 3.42. The summed E-state index contributed by atoms with van der Waals surface area (Å²) >= 11 is 0. The van der Waals surface area contributed by atoms with Crippen LogP contribution in [0.25, 0.3) is 0 Å². The Morgan fingerprint density at radius 2 is 1.39 bits per heavy atom. The van der Waals surface area contributed by atoms with Gasteiger partial charge in [-0.05, 0) is 17.5 Å². The van der Waals surface area contributed by atoms with Crippen molar-refractivity contribution in [3.8, 4) is 0 Å². The number of rotatable bonds is 5. The van der Waals surface area contributed by atoms with Crippen LogP contribution >= 0.6 is 0 Å². The molecule has 3 aromatic carbocycles. The molecule has 0 fully saturated rings. The second kappa shape index (κ2) is 8.53. The Balaban J connectivity index is 1.45. The van der Waals surface area contributed by atoms with Crippen LogP contribution in [0.2, 0.25) is 0 Å². The second-order valence-corrected chi connectivity index (χ2v) is 6.78. The molecule has 0 radical (unpaired) electrons. The molecule has 3 aromatic rings. The number of nitrogens with zero attached hydrogens (tertiary/aromatic N) is 2. The number of hydrogen-bond acceptors (Lipinski definition) is 3. The lowest BCUT2D eigenvalue weighted by Gasteiger charge is -2.28. The van der Waals surface area contributed by atoms with Gasteiger partial charge in [0, 0.05) is 24.2 Å². The van der Waals surface area contributed by atoms with E-state index in [1.54, 1.807) is 0 Å². The first-order valence-electron chi connectivity index (χ1n) is 9.46. The van der Waals surface area contributed by atoms with Gasteiger partial charge in [0.25, 0.3) is 5.91 Å². The van der Waals surface area contributed by atoms with Gasteiger partial charge in [-0.2, -0.15) is 0 Å². The number of amides is 1. The largest absolute Gasteiger partial charge is 0.385 e. The van der Waals surface area contributed by atoms with Crippen molar-refractivity contribution in [2.24, 2.45) is 5.16 Å². The van der Waals surface area contributed by atoms with Gasteiger partial charge in [-0.15, -0.1) is 0 Å². The van der Waals surface area contributed by atoms with Crippen LogP contribution in [0, 0.1) is 0 Å². The van der Waals surface area contributed by atoms with Crippen molar-refractivity contribution in [1.29, 1.82) is 0 Å². The minimum absolute atomic E-state index is 0.0428. The molecule has 0 atom stereocenters. The van der Waals surface area contributed by atoms with E-state index in [4.69, 9.17) is 4.84 Å². The fourth-order valence-electron chi connectivity index (χ4n) is 3.42. The average Bonchev–Trinajstić information content (AvgIpc) is 2.77. The lowest BCUT2D eigenvalue weighted by atomic mass is 10.00. The predicted octanol–water partition coefficient (Wildman–Crippen LogP) is 4.04. The van der Waals surface area contributed by atoms with Crippen molar-refractivity contribution in [1.82, 2.24) is 4.90 Å². The van der Waals surface area contributed by atoms with Crippen LogP contribution in [-0.2, 0) is 22.6 Å². The Kier molecular flexibility index (Phi) is 5.48. The zero-order chi connectivity index (χ0) is 19.2. The van der Waals surface area contributed by atoms with Crippen LogP contribution in [0.3, 0.4) is 0 Å². The maximum Gasteiger partial charge on any atom is 0.263 e. The molecule has 1 aliphatic heterocycles. The molecule has 4 heteroatoms. The van der Waals surface area contributed by atoms with E-state index in [0.717, 1.165) is 23.3 Å². The van der Waals surface area contributed by atoms with Gasteiger partial charge >= 0.3 is 0 Å². The molecule has 140 valence electrons. The van der Waals surface area contributed by atoms with Gasteiger partial charge < -0.3 is 9.74 Å². The van der Waals surface area contributed by atoms with Gasteiger partial charge in [-0.25, -0.2) is 0 Å². The topological polar surface area (TPSA) is 41.9 Å². The number of carbonyl (C=O) groups excluding carboxylic acids is 1. The predicted molar refractivity (Wildman–Crippen MR) is 110 cm³/mol. The average molecular weight is 370 g/mol. The van der Waals surface area contributed by atoms with Crippen molar-refractivity contribution in [3.63, 3.8) is 0 Å². The van der Waals surface area contributed by atoms with E-state index in [0.29, 0.717) is 13.1 Å². The SMILES string of the molecule is O=C(CON=C(c1ccccc1)c1ccccc1)N1CCc2ccccc2C1. The van der Waals surface area contributed by atoms with Gasteiger partial charge in [0.15, 0.2) is 6.61 Å². The molecule has 1 heterocycles. The third kappa shape index (κ3) is 4.12. The van der Waals surface area contributed by atoms with Gasteiger partial charge in [-0.3, -0.25) is 4.79 Å². The summed E-state index contributed by atoms with van der Waals surface area (Å²) in [7, 11) is 0. The summed E-state index contributed by atoms with van der Waals surface area (Å²) in [5, 5.41) is 4.31. The zero-order valence-corrected chi connectivity index (χ0v) is 15.6. The molecule has 4 nitrogen and oxygen atoms in total. The molecule has 0 unspecified atom stereocenters. The van der Waals surface area contributed by atoms with E-state index in [1.165, 1.54) is 11.1 Å². The molecular formula is C24H22N2O2. The highest BCUT2D eigenvalue weighted by Gasteiger charge is 2.20. The molecular weight excluding hydrogens is 348 g/mol. The van der Waals surface area contributed by atoms with Gasteiger partial charge in [0.1, 0.15) is 5.71 Å². The maximum atomic E-state index is 12.6. The Labute approximate surface area is 165 Å². The first-order valence-corrected chi connectivity index (χ1v) is 9.46.